The van der Waals surface area contributed by atoms with Crippen LogP contribution in [0.1, 0.15) is 52.7 Å². The van der Waals surface area contributed by atoms with Crippen LogP contribution >= 0.6 is 22.9 Å². The van der Waals surface area contributed by atoms with Crippen molar-refractivity contribution in [2.24, 2.45) is 5.92 Å². The van der Waals surface area contributed by atoms with E-state index in [-0.39, 0.29) is 36.6 Å². The highest BCUT2D eigenvalue weighted by Crippen LogP contribution is 2.34. The second kappa shape index (κ2) is 12.1. The van der Waals surface area contributed by atoms with Crippen LogP contribution in [-0.2, 0) is 11.2 Å². The predicted octanol–water partition coefficient (Wildman–Crippen LogP) is 6.54. The first kappa shape index (κ1) is 27.1. The first-order chi connectivity index (χ1) is 17.8. The van der Waals surface area contributed by atoms with E-state index in [1.165, 1.54) is 21.9 Å². The van der Waals surface area contributed by atoms with E-state index in [0.717, 1.165) is 24.0 Å². The number of carbonyl (C=O) groups excluding carboxylic acids is 2. The Balaban J connectivity index is 1.56. The summed E-state index contributed by atoms with van der Waals surface area (Å²) < 4.78 is 20.6. The molecule has 0 saturated heterocycles. The number of thiophene rings is 1. The van der Waals surface area contributed by atoms with Crippen LogP contribution in [0, 0.1) is 18.7 Å². The van der Waals surface area contributed by atoms with Gasteiger partial charge in [0.25, 0.3) is 5.91 Å². The zero-order chi connectivity index (χ0) is 26.5. The van der Waals surface area contributed by atoms with Gasteiger partial charge >= 0.3 is 0 Å². The molecular weight excluding hydrogens is 511 g/mol. The van der Waals surface area contributed by atoms with E-state index in [4.69, 9.17) is 16.3 Å². The second-order valence-corrected chi connectivity index (χ2v) is 11.0. The Kier molecular flexibility index (Phi) is 8.87. The van der Waals surface area contributed by atoms with Crippen molar-refractivity contribution < 1.29 is 18.7 Å². The largest absolute Gasteiger partial charge is 0.491 e. The van der Waals surface area contributed by atoms with Gasteiger partial charge in [-0.05, 0) is 72.2 Å². The Bertz CT molecular complexity index is 1260. The molecule has 0 bridgehead atoms. The molecule has 0 unspecified atom stereocenters. The Labute approximate surface area is 226 Å². The van der Waals surface area contributed by atoms with Gasteiger partial charge in [-0.15, -0.1) is 11.3 Å². The molecule has 2 atom stereocenters. The van der Waals surface area contributed by atoms with Crippen molar-refractivity contribution in [1.29, 1.82) is 0 Å². The molecule has 1 aliphatic rings. The Morgan fingerprint density at radius 1 is 1.24 bits per heavy atom. The van der Waals surface area contributed by atoms with Crippen LogP contribution in [0.25, 0.3) is 0 Å². The van der Waals surface area contributed by atoms with Crippen LogP contribution in [0.3, 0.4) is 0 Å². The van der Waals surface area contributed by atoms with E-state index in [9.17, 15) is 14.0 Å². The van der Waals surface area contributed by atoms with Crippen LogP contribution in [0.15, 0.2) is 53.9 Å². The maximum atomic E-state index is 14.5. The highest BCUT2D eigenvalue weighted by Gasteiger charge is 2.34. The van der Waals surface area contributed by atoms with Crippen LogP contribution in [0.4, 0.5) is 4.39 Å². The third kappa shape index (κ3) is 6.33. The van der Waals surface area contributed by atoms with Crippen molar-refractivity contribution in [3.05, 3.63) is 86.3 Å². The predicted molar refractivity (Wildman–Crippen MR) is 146 cm³/mol. The quantitative estimate of drug-likeness (QED) is 0.308. The van der Waals surface area contributed by atoms with E-state index in [0.29, 0.717) is 23.9 Å². The molecule has 8 heteroatoms. The van der Waals surface area contributed by atoms with E-state index in [1.54, 1.807) is 34.4 Å². The molecular formula is C29H32ClFN2O3S. The molecule has 0 spiro atoms. The fraction of sp³-hybridized carbons (Fsp3) is 0.379. The third-order valence-electron chi connectivity index (χ3n) is 6.90. The van der Waals surface area contributed by atoms with Gasteiger partial charge in [0.1, 0.15) is 24.7 Å². The lowest BCUT2D eigenvalue weighted by Crippen LogP contribution is -2.48. The zero-order valence-electron chi connectivity index (χ0n) is 21.4. The monoisotopic (exact) mass is 542 g/mol. The molecule has 196 valence electrons. The summed E-state index contributed by atoms with van der Waals surface area (Å²) >= 11 is 7.84. The molecule has 2 heterocycles. The highest BCUT2D eigenvalue weighted by molar-refractivity contribution is 7.10. The summed E-state index contributed by atoms with van der Waals surface area (Å²) in [4.78, 5) is 31.6. The molecule has 0 aliphatic carbocycles. The van der Waals surface area contributed by atoms with Crippen LogP contribution in [0.2, 0.25) is 5.02 Å². The van der Waals surface area contributed by atoms with Crippen molar-refractivity contribution in [3.8, 4) is 5.75 Å². The summed E-state index contributed by atoms with van der Waals surface area (Å²) in [6.45, 7) is 7.04. The maximum absolute atomic E-state index is 14.5. The van der Waals surface area contributed by atoms with Crippen LogP contribution < -0.4 is 4.74 Å². The molecule has 5 nitrogen and oxygen atoms in total. The number of fused-ring (bicyclic) bond motifs is 1. The summed E-state index contributed by atoms with van der Waals surface area (Å²) in [7, 11) is 0. The lowest BCUT2D eigenvalue weighted by Gasteiger charge is -2.37. The van der Waals surface area contributed by atoms with E-state index >= 15 is 0 Å². The van der Waals surface area contributed by atoms with Crippen molar-refractivity contribution in [1.82, 2.24) is 9.80 Å². The van der Waals surface area contributed by atoms with Gasteiger partial charge < -0.3 is 14.5 Å². The van der Waals surface area contributed by atoms with Crippen molar-refractivity contribution in [3.63, 3.8) is 0 Å². The average Bonchev–Trinajstić information content (AvgIpc) is 3.37. The number of nitrogens with zero attached hydrogens (tertiary/aromatic N) is 2. The smallest absolute Gasteiger partial charge is 0.257 e. The molecule has 1 aliphatic heterocycles. The van der Waals surface area contributed by atoms with Crippen LogP contribution in [0.5, 0.6) is 5.75 Å². The number of hydrogen-bond donors (Lipinski definition) is 0. The third-order valence-corrected chi connectivity index (χ3v) is 8.32. The van der Waals surface area contributed by atoms with Gasteiger partial charge in [0, 0.05) is 23.0 Å². The SMILES string of the molecule is CC[C@@H](C)CN(CC(=O)N1CCc2sccc2[C@@H]1COc1ccc(Cl)c(C)c1)C(=O)c1ccccc1F. The lowest BCUT2D eigenvalue weighted by atomic mass is 10.00. The van der Waals surface area contributed by atoms with E-state index in [1.807, 2.05) is 44.4 Å². The molecule has 4 rings (SSSR count). The number of amides is 2. The summed E-state index contributed by atoms with van der Waals surface area (Å²) in [5.74, 6) is -0.375. The number of benzene rings is 2. The first-order valence-corrected chi connectivity index (χ1v) is 13.8. The number of rotatable bonds is 9. The zero-order valence-corrected chi connectivity index (χ0v) is 22.9. The Hall–Kier alpha value is -2.90. The fourth-order valence-corrected chi connectivity index (χ4v) is 5.59. The number of hydrogen-bond acceptors (Lipinski definition) is 4. The Morgan fingerprint density at radius 2 is 2.03 bits per heavy atom. The van der Waals surface area contributed by atoms with Gasteiger partial charge in [0.05, 0.1) is 11.6 Å². The molecule has 2 aromatic carbocycles. The van der Waals surface area contributed by atoms with Gasteiger partial charge in [-0.3, -0.25) is 9.59 Å². The second-order valence-electron chi connectivity index (χ2n) is 9.55. The highest BCUT2D eigenvalue weighted by atomic mass is 35.5. The summed E-state index contributed by atoms with van der Waals surface area (Å²) in [6.07, 6.45) is 1.59. The molecule has 2 amide bonds. The standard InChI is InChI=1S/C29H32ClFN2O3S/c1-4-19(2)16-32(29(35)22-7-5-6-8-25(22)31)17-28(34)33-13-11-27-23(12-14-37-27)26(33)18-36-21-9-10-24(30)20(3)15-21/h5-10,12,14-15,19,26H,4,11,13,16-18H2,1-3H3/t19-,26+/m1/s1. The van der Waals surface area contributed by atoms with Crippen molar-refractivity contribution in [2.75, 3.05) is 26.2 Å². The molecule has 0 fully saturated rings. The van der Waals surface area contributed by atoms with Gasteiger partial charge in [0.15, 0.2) is 0 Å². The minimum atomic E-state index is -0.584. The maximum Gasteiger partial charge on any atom is 0.257 e. The summed E-state index contributed by atoms with van der Waals surface area (Å²) in [5.41, 5.74) is 1.97. The minimum absolute atomic E-state index is 0.0182. The molecule has 1 aromatic heterocycles. The molecule has 0 saturated carbocycles. The topological polar surface area (TPSA) is 49.9 Å². The van der Waals surface area contributed by atoms with Gasteiger partial charge in [-0.25, -0.2) is 4.39 Å². The summed E-state index contributed by atoms with van der Waals surface area (Å²) in [6, 6.07) is 13.2. The normalized spacial score (nSPS) is 15.7. The molecule has 37 heavy (non-hydrogen) atoms. The Morgan fingerprint density at radius 3 is 2.76 bits per heavy atom. The van der Waals surface area contributed by atoms with Crippen molar-refractivity contribution >= 4 is 34.8 Å². The molecule has 0 N–H and O–H groups in total. The number of halogens is 2. The number of ether oxygens (including phenoxy) is 1. The lowest BCUT2D eigenvalue weighted by molar-refractivity contribution is -0.135. The van der Waals surface area contributed by atoms with Gasteiger partial charge in [-0.2, -0.15) is 0 Å². The number of aryl methyl sites for hydroxylation is 1. The molecule has 3 aromatic rings. The van der Waals surface area contributed by atoms with Crippen molar-refractivity contribution in [2.45, 2.75) is 39.7 Å². The van der Waals surface area contributed by atoms with E-state index in [2.05, 4.69) is 0 Å². The van der Waals surface area contributed by atoms with E-state index < -0.39 is 11.7 Å². The summed E-state index contributed by atoms with van der Waals surface area (Å²) in [5, 5.41) is 2.71. The molecule has 0 radical (unpaired) electrons. The van der Waals surface area contributed by atoms with Crippen LogP contribution in [-0.4, -0.2) is 47.9 Å². The van der Waals surface area contributed by atoms with Gasteiger partial charge in [0.2, 0.25) is 5.91 Å². The fourth-order valence-electron chi connectivity index (χ4n) is 4.54. The first-order valence-electron chi connectivity index (χ1n) is 12.6. The average molecular weight is 543 g/mol. The van der Waals surface area contributed by atoms with Gasteiger partial charge in [-0.1, -0.05) is 44.0 Å². The minimum Gasteiger partial charge on any atom is -0.491 e. The number of carbonyl (C=O) groups is 2.